The summed E-state index contributed by atoms with van der Waals surface area (Å²) < 4.78 is 0. The van der Waals surface area contributed by atoms with E-state index >= 15 is 0 Å². The Morgan fingerprint density at radius 3 is 2.47 bits per heavy atom. The van der Waals surface area contributed by atoms with Crippen molar-refractivity contribution >= 4 is 16.7 Å². The van der Waals surface area contributed by atoms with Crippen LogP contribution in [0.4, 0.5) is 5.82 Å². The first-order valence-electron chi connectivity index (χ1n) is 10.5. The molecule has 0 amide bonds. The van der Waals surface area contributed by atoms with Crippen molar-refractivity contribution < 1.29 is 0 Å². The Labute approximate surface area is 178 Å². The van der Waals surface area contributed by atoms with Crippen LogP contribution < -0.4 is 10.6 Å². The molecule has 0 aliphatic heterocycles. The highest BCUT2D eigenvalue weighted by molar-refractivity contribution is 5.94. The number of rotatable bonds is 7. The van der Waals surface area contributed by atoms with Crippen molar-refractivity contribution in [2.45, 2.75) is 26.7 Å². The Hall–Kier alpha value is -3.18. The second kappa shape index (κ2) is 8.67. The number of H-pyrrole nitrogens is 1. The highest BCUT2D eigenvalue weighted by Crippen LogP contribution is 2.37. The van der Waals surface area contributed by atoms with Gasteiger partial charge in [0.15, 0.2) is 0 Å². The van der Waals surface area contributed by atoms with Gasteiger partial charge >= 0.3 is 0 Å². The molecule has 0 radical (unpaired) electrons. The van der Waals surface area contributed by atoms with Crippen molar-refractivity contribution in [3.05, 3.63) is 66.1 Å². The SMILES string of the molecule is CNCCNc1ccc(-c2ccc3[nH]c(-c4ccnc(C)c4)c(C(C)C)c3c2)cn1. The van der Waals surface area contributed by atoms with Crippen molar-refractivity contribution in [2.75, 3.05) is 25.5 Å². The molecule has 0 unspecified atom stereocenters. The van der Waals surface area contributed by atoms with E-state index in [2.05, 4.69) is 75.8 Å². The molecule has 154 valence electrons. The Morgan fingerprint density at radius 2 is 1.77 bits per heavy atom. The number of aromatic amines is 1. The van der Waals surface area contributed by atoms with Gasteiger partial charge in [-0.15, -0.1) is 0 Å². The van der Waals surface area contributed by atoms with E-state index in [1.807, 2.05) is 32.4 Å². The quantitative estimate of drug-likeness (QED) is 0.366. The first-order chi connectivity index (χ1) is 14.6. The first-order valence-corrected chi connectivity index (χ1v) is 10.5. The number of nitrogens with zero attached hydrogens (tertiary/aromatic N) is 2. The van der Waals surface area contributed by atoms with E-state index < -0.39 is 0 Å². The number of hydrogen-bond donors (Lipinski definition) is 3. The third-order valence-corrected chi connectivity index (χ3v) is 5.38. The summed E-state index contributed by atoms with van der Waals surface area (Å²) in [5, 5.41) is 7.71. The lowest BCUT2D eigenvalue weighted by Crippen LogP contribution is -2.18. The number of likely N-dealkylation sites (N-methyl/N-ethyl adjacent to an activating group) is 1. The van der Waals surface area contributed by atoms with Crippen LogP contribution in [0.15, 0.2) is 54.9 Å². The molecule has 0 aliphatic rings. The molecule has 0 spiro atoms. The van der Waals surface area contributed by atoms with Crippen molar-refractivity contribution in [1.82, 2.24) is 20.3 Å². The zero-order chi connectivity index (χ0) is 21.1. The summed E-state index contributed by atoms with van der Waals surface area (Å²) in [4.78, 5) is 12.6. The molecular formula is C25H29N5. The van der Waals surface area contributed by atoms with E-state index in [0.717, 1.165) is 35.7 Å². The zero-order valence-corrected chi connectivity index (χ0v) is 18.1. The van der Waals surface area contributed by atoms with Gasteiger partial charge in [-0.3, -0.25) is 4.98 Å². The molecule has 0 bridgehead atoms. The van der Waals surface area contributed by atoms with Gasteiger partial charge in [-0.1, -0.05) is 19.9 Å². The number of nitrogens with one attached hydrogen (secondary N) is 3. The van der Waals surface area contributed by atoms with Crippen LogP contribution in [0.3, 0.4) is 0 Å². The van der Waals surface area contributed by atoms with E-state index in [1.165, 1.54) is 27.8 Å². The number of aryl methyl sites for hydroxylation is 1. The predicted octanol–water partition coefficient (Wildman–Crippen LogP) is 5.36. The molecule has 0 fully saturated rings. The Balaban J connectivity index is 1.72. The minimum atomic E-state index is 0.398. The first kappa shape index (κ1) is 20.1. The molecule has 5 heteroatoms. The molecule has 3 heterocycles. The van der Waals surface area contributed by atoms with Crippen molar-refractivity contribution in [3.63, 3.8) is 0 Å². The third kappa shape index (κ3) is 4.07. The maximum Gasteiger partial charge on any atom is 0.125 e. The van der Waals surface area contributed by atoms with Crippen LogP contribution in [-0.2, 0) is 0 Å². The normalized spacial score (nSPS) is 11.4. The fourth-order valence-corrected chi connectivity index (χ4v) is 3.91. The fourth-order valence-electron chi connectivity index (χ4n) is 3.91. The molecule has 4 aromatic rings. The maximum atomic E-state index is 4.57. The van der Waals surface area contributed by atoms with Gasteiger partial charge in [-0.05, 0) is 67.4 Å². The summed E-state index contributed by atoms with van der Waals surface area (Å²) in [7, 11) is 1.95. The van der Waals surface area contributed by atoms with Gasteiger partial charge < -0.3 is 15.6 Å². The lowest BCUT2D eigenvalue weighted by Gasteiger charge is -2.10. The van der Waals surface area contributed by atoms with Gasteiger partial charge in [0.25, 0.3) is 0 Å². The number of benzene rings is 1. The van der Waals surface area contributed by atoms with E-state index in [-0.39, 0.29) is 0 Å². The summed E-state index contributed by atoms with van der Waals surface area (Å²) >= 11 is 0. The lowest BCUT2D eigenvalue weighted by molar-refractivity contribution is 0.821. The van der Waals surface area contributed by atoms with E-state index in [1.54, 1.807) is 0 Å². The fraction of sp³-hybridized carbons (Fsp3) is 0.280. The van der Waals surface area contributed by atoms with Crippen LogP contribution in [0.5, 0.6) is 0 Å². The Kier molecular flexibility index (Phi) is 5.81. The van der Waals surface area contributed by atoms with Crippen molar-refractivity contribution in [3.8, 4) is 22.4 Å². The van der Waals surface area contributed by atoms with Gasteiger partial charge in [0, 0.05) is 53.2 Å². The highest BCUT2D eigenvalue weighted by atomic mass is 15.0. The number of hydrogen-bond acceptors (Lipinski definition) is 4. The molecule has 4 rings (SSSR count). The summed E-state index contributed by atoms with van der Waals surface area (Å²) in [6, 6.07) is 15.0. The standard InChI is InChI=1S/C25H29N5/c1-16(2)24-21-14-18(20-6-8-23(29-15-20)28-12-11-26-4)5-7-22(21)30-25(24)19-9-10-27-17(3)13-19/h5-10,13-16,26,30H,11-12H2,1-4H3,(H,28,29). The topological polar surface area (TPSA) is 65.6 Å². The summed E-state index contributed by atoms with van der Waals surface area (Å²) in [5.74, 6) is 1.30. The van der Waals surface area contributed by atoms with Crippen LogP contribution >= 0.6 is 0 Å². The minimum absolute atomic E-state index is 0.398. The number of aromatic nitrogens is 3. The van der Waals surface area contributed by atoms with Crippen LogP contribution in [0.2, 0.25) is 0 Å². The summed E-state index contributed by atoms with van der Waals surface area (Å²) in [6.45, 7) is 8.29. The largest absolute Gasteiger partial charge is 0.369 e. The van der Waals surface area contributed by atoms with Gasteiger partial charge in [-0.25, -0.2) is 4.98 Å². The lowest BCUT2D eigenvalue weighted by atomic mass is 9.94. The van der Waals surface area contributed by atoms with Gasteiger partial charge in [0.2, 0.25) is 0 Å². The number of pyridine rings is 2. The Bertz CT molecular complexity index is 1140. The molecule has 30 heavy (non-hydrogen) atoms. The smallest absolute Gasteiger partial charge is 0.125 e. The van der Waals surface area contributed by atoms with Gasteiger partial charge in [-0.2, -0.15) is 0 Å². The maximum absolute atomic E-state index is 4.57. The summed E-state index contributed by atoms with van der Waals surface area (Å²) in [5.41, 5.74) is 8.19. The summed E-state index contributed by atoms with van der Waals surface area (Å²) in [6.07, 6.45) is 3.82. The van der Waals surface area contributed by atoms with Gasteiger partial charge in [0.05, 0.1) is 5.69 Å². The average Bonchev–Trinajstić information content (AvgIpc) is 3.13. The molecule has 5 nitrogen and oxygen atoms in total. The Morgan fingerprint density at radius 1 is 0.933 bits per heavy atom. The third-order valence-electron chi connectivity index (χ3n) is 5.38. The monoisotopic (exact) mass is 399 g/mol. The van der Waals surface area contributed by atoms with Crippen molar-refractivity contribution in [1.29, 1.82) is 0 Å². The molecular weight excluding hydrogens is 370 g/mol. The second-order valence-corrected chi connectivity index (χ2v) is 7.98. The molecule has 0 aliphatic carbocycles. The predicted molar refractivity (Wildman–Crippen MR) is 126 cm³/mol. The van der Waals surface area contributed by atoms with Crippen LogP contribution in [0, 0.1) is 6.92 Å². The minimum Gasteiger partial charge on any atom is -0.369 e. The van der Waals surface area contributed by atoms with Crippen LogP contribution in [0.25, 0.3) is 33.3 Å². The van der Waals surface area contributed by atoms with Gasteiger partial charge in [0.1, 0.15) is 5.82 Å². The van der Waals surface area contributed by atoms with Crippen LogP contribution in [0.1, 0.15) is 31.0 Å². The van der Waals surface area contributed by atoms with E-state index in [4.69, 9.17) is 0 Å². The average molecular weight is 400 g/mol. The zero-order valence-electron chi connectivity index (χ0n) is 18.1. The van der Waals surface area contributed by atoms with E-state index in [0.29, 0.717) is 5.92 Å². The molecule has 3 N–H and O–H groups in total. The van der Waals surface area contributed by atoms with Crippen LogP contribution in [-0.4, -0.2) is 35.1 Å². The number of fused-ring (bicyclic) bond motifs is 1. The molecule has 3 aromatic heterocycles. The highest BCUT2D eigenvalue weighted by Gasteiger charge is 2.17. The molecule has 1 aromatic carbocycles. The molecule has 0 atom stereocenters. The molecule has 0 saturated heterocycles. The molecule has 0 saturated carbocycles. The van der Waals surface area contributed by atoms with Crippen molar-refractivity contribution in [2.24, 2.45) is 0 Å². The number of anilines is 1. The second-order valence-electron chi connectivity index (χ2n) is 7.98. The van der Waals surface area contributed by atoms with E-state index in [9.17, 15) is 0 Å².